The van der Waals surface area contributed by atoms with Crippen LogP contribution in [0.1, 0.15) is 11.1 Å². The fourth-order valence-corrected chi connectivity index (χ4v) is 1.99. The van der Waals surface area contributed by atoms with Crippen molar-refractivity contribution in [2.24, 2.45) is 0 Å². The Hall–Kier alpha value is -0.470. The van der Waals surface area contributed by atoms with E-state index in [-0.39, 0.29) is 0 Å². The summed E-state index contributed by atoms with van der Waals surface area (Å²) in [5.41, 5.74) is 2.77. The Labute approximate surface area is 65.0 Å². The molecular weight excluding hydrogens is 142 g/mol. The zero-order chi connectivity index (χ0) is 6.97. The summed E-state index contributed by atoms with van der Waals surface area (Å²) in [7, 11) is 0. The van der Waals surface area contributed by atoms with Crippen molar-refractivity contribution in [2.45, 2.75) is 18.4 Å². The number of benzene rings is 1. The predicted molar refractivity (Wildman–Crippen MR) is 43.9 cm³/mol. The molecule has 0 radical (unpaired) electrons. The molecule has 0 saturated heterocycles. The quantitative estimate of drug-likeness (QED) is 0.570. The monoisotopic (exact) mass is 151 g/mol. The Balaban J connectivity index is 2.52. The lowest BCUT2D eigenvalue weighted by atomic mass is 10.1. The van der Waals surface area contributed by atoms with Crippen molar-refractivity contribution in [2.75, 3.05) is 0 Å². The molecule has 10 heavy (non-hydrogen) atoms. The molecule has 0 amide bonds. The third kappa shape index (κ3) is 0.935. The topological polar surface area (TPSA) is 12.0 Å². The first-order chi connectivity index (χ1) is 4.86. The van der Waals surface area contributed by atoms with Crippen LogP contribution in [0.15, 0.2) is 23.1 Å². The van der Waals surface area contributed by atoms with E-state index in [0.29, 0.717) is 0 Å². The van der Waals surface area contributed by atoms with Crippen LogP contribution in [0.3, 0.4) is 0 Å². The number of nitrogens with one attached hydrogen (secondary N) is 1. The zero-order valence-electron chi connectivity index (χ0n) is 5.85. The van der Waals surface area contributed by atoms with Crippen molar-refractivity contribution in [3.05, 3.63) is 29.3 Å². The average molecular weight is 151 g/mol. The van der Waals surface area contributed by atoms with Gasteiger partial charge in [0.05, 0.1) is 0 Å². The van der Waals surface area contributed by atoms with Gasteiger partial charge in [0.1, 0.15) is 0 Å². The third-order valence-electron chi connectivity index (χ3n) is 1.67. The number of fused-ring (bicyclic) bond motifs is 1. The maximum atomic E-state index is 3.23. The summed E-state index contributed by atoms with van der Waals surface area (Å²) in [6.07, 6.45) is 0. The molecule has 1 aromatic carbocycles. The summed E-state index contributed by atoms with van der Waals surface area (Å²) in [6.45, 7) is 3.14. The fraction of sp³-hybridized carbons (Fsp3) is 0.250. The maximum Gasteiger partial charge on any atom is 0.0324 e. The number of hydrogen-bond donors (Lipinski definition) is 1. The second kappa shape index (κ2) is 2.29. The number of hydrogen-bond acceptors (Lipinski definition) is 2. The number of rotatable bonds is 0. The Bertz CT molecular complexity index is 257. The minimum atomic E-state index is 1.01. The van der Waals surface area contributed by atoms with E-state index in [2.05, 4.69) is 29.8 Å². The normalized spacial score (nSPS) is 15.3. The molecular formula is C8H9NS. The third-order valence-corrected chi connectivity index (χ3v) is 2.56. The molecule has 1 aliphatic heterocycles. The van der Waals surface area contributed by atoms with E-state index in [1.165, 1.54) is 16.0 Å². The van der Waals surface area contributed by atoms with Gasteiger partial charge in [0, 0.05) is 11.4 Å². The van der Waals surface area contributed by atoms with E-state index >= 15 is 0 Å². The largest absolute Gasteiger partial charge is 0.255 e. The molecule has 2 rings (SSSR count). The molecule has 1 aromatic rings. The standard InChI is InChI=1S/C8H9NS/c1-6-2-3-7-5-9-10-8(7)4-6/h2-4,9H,5H2,1H3. The van der Waals surface area contributed by atoms with E-state index in [4.69, 9.17) is 0 Å². The molecule has 0 atom stereocenters. The second-order valence-electron chi connectivity index (χ2n) is 2.53. The molecule has 52 valence electrons. The molecule has 2 heteroatoms. The van der Waals surface area contributed by atoms with Crippen molar-refractivity contribution in [1.82, 2.24) is 4.72 Å². The van der Waals surface area contributed by atoms with Crippen LogP contribution < -0.4 is 4.72 Å². The smallest absolute Gasteiger partial charge is 0.0324 e. The summed E-state index contributed by atoms with van der Waals surface area (Å²) in [5.74, 6) is 0. The van der Waals surface area contributed by atoms with Crippen molar-refractivity contribution in [3.63, 3.8) is 0 Å². The summed E-state index contributed by atoms with van der Waals surface area (Å²) in [6, 6.07) is 6.57. The first-order valence-electron chi connectivity index (χ1n) is 3.35. The predicted octanol–water partition coefficient (Wildman–Crippen LogP) is 2.11. The maximum absolute atomic E-state index is 3.23. The fourth-order valence-electron chi connectivity index (χ4n) is 1.09. The minimum Gasteiger partial charge on any atom is -0.255 e. The van der Waals surface area contributed by atoms with Gasteiger partial charge in [0.2, 0.25) is 0 Å². The van der Waals surface area contributed by atoms with Crippen LogP contribution in [0, 0.1) is 6.92 Å². The van der Waals surface area contributed by atoms with Crippen LogP contribution in [-0.4, -0.2) is 0 Å². The highest BCUT2D eigenvalue weighted by Gasteiger charge is 2.09. The van der Waals surface area contributed by atoms with E-state index in [1.807, 2.05) is 0 Å². The van der Waals surface area contributed by atoms with Gasteiger partial charge < -0.3 is 0 Å². The lowest BCUT2D eigenvalue weighted by molar-refractivity contribution is 0.992. The lowest BCUT2D eigenvalue weighted by Gasteiger charge is -1.95. The van der Waals surface area contributed by atoms with E-state index in [1.54, 1.807) is 11.9 Å². The summed E-state index contributed by atoms with van der Waals surface area (Å²) < 4.78 is 3.23. The van der Waals surface area contributed by atoms with Crippen LogP contribution in [-0.2, 0) is 6.54 Å². The highest BCUT2D eigenvalue weighted by molar-refractivity contribution is 7.97. The lowest BCUT2D eigenvalue weighted by Crippen LogP contribution is -1.91. The van der Waals surface area contributed by atoms with E-state index in [0.717, 1.165) is 6.54 Å². The van der Waals surface area contributed by atoms with Gasteiger partial charge in [0.25, 0.3) is 0 Å². The molecule has 0 bridgehead atoms. The van der Waals surface area contributed by atoms with Crippen molar-refractivity contribution < 1.29 is 0 Å². The zero-order valence-corrected chi connectivity index (χ0v) is 6.66. The Morgan fingerprint density at radius 3 is 3.30 bits per heavy atom. The molecule has 1 nitrogen and oxygen atoms in total. The molecule has 1 N–H and O–H groups in total. The van der Waals surface area contributed by atoms with Gasteiger partial charge in [-0.15, -0.1) is 0 Å². The van der Waals surface area contributed by atoms with Gasteiger partial charge in [-0.2, -0.15) is 0 Å². The van der Waals surface area contributed by atoms with Crippen LogP contribution in [0.25, 0.3) is 0 Å². The number of aryl methyl sites for hydroxylation is 1. The molecule has 1 heterocycles. The molecule has 1 aliphatic rings. The van der Waals surface area contributed by atoms with Gasteiger partial charge in [0.15, 0.2) is 0 Å². The SMILES string of the molecule is Cc1ccc2c(c1)SNC2. The second-order valence-corrected chi connectivity index (χ2v) is 3.47. The van der Waals surface area contributed by atoms with Gasteiger partial charge in [-0.25, -0.2) is 0 Å². The van der Waals surface area contributed by atoms with Crippen LogP contribution in [0.5, 0.6) is 0 Å². The first-order valence-corrected chi connectivity index (χ1v) is 4.17. The molecule has 0 unspecified atom stereocenters. The summed E-state index contributed by atoms with van der Waals surface area (Å²) >= 11 is 1.73. The van der Waals surface area contributed by atoms with Crippen molar-refractivity contribution in [3.8, 4) is 0 Å². The van der Waals surface area contributed by atoms with Crippen LogP contribution in [0.4, 0.5) is 0 Å². The summed E-state index contributed by atoms with van der Waals surface area (Å²) in [4.78, 5) is 1.39. The Morgan fingerprint density at radius 1 is 1.50 bits per heavy atom. The van der Waals surface area contributed by atoms with Crippen molar-refractivity contribution in [1.29, 1.82) is 0 Å². The van der Waals surface area contributed by atoms with Crippen LogP contribution >= 0.6 is 11.9 Å². The molecule has 0 aromatic heterocycles. The van der Waals surface area contributed by atoms with Crippen LogP contribution in [0.2, 0.25) is 0 Å². The van der Waals surface area contributed by atoms with Gasteiger partial charge in [-0.1, -0.05) is 12.1 Å². The highest BCUT2D eigenvalue weighted by atomic mass is 32.2. The minimum absolute atomic E-state index is 1.01. The molecule has 0 aliphatic carbocycles. The van der Waals surface area contributed by atoms with E-state index in [9.17, 15) is 0 Å². The highest BCUT2D eigenvalue weighted by Crippen LogP contribution is 2.27. The van der Waals surface area contributed by atoms with Crippen molar-refractivity contribution >= 4 is 11.9 Å². The van der Waals surface area contributed by atoms with Gasteiger partial charge >= 0.3 is 0 Å². The average Bonchev–Trinajstić information content (AvgIpc) is 2.33. The van der Waals surface area contributed by atoms with Gasteiger partial charge in [-0.3, -0.25) is 4.72 Å². The Kier molecular flexibility index (Phi) is 1.43. The molecule has 0 saturated carbocycles. The van der Waals surface area contributed by atoms with Gasteiger partial charge in [-0.05, 0) is 36.1 Å². The van der Waals surface area contributed by atoms with E-state index < -0.39 is 0 Å². The molecule has 0 fully saturated rings. The summed E-state index contributed by atoms with van der Waals surface area (Å²) in [5, 5.41) is 0. The Morgan fingerprint density at radius 2 is 2.40 bits per heavy atom. The molecule has 0 spiro atoms. The first kappa shape index (κ1) is 6.25.